The highest BCUT2D eigenvalue weighted by Crippen LogP contribution is 2.15. The molecule has 0 aromatic heterocycles. The lowest BCUT2D eigenvalue weighted by molar-refractivity contribution is -0.384. The summed E-state index contributed by atoms with van der Waals surface area (Å²) < 4.78 is 0. The predicted molar refractivity (Wildman–Crippen MR) is 89.4 cm³/mol. The number of nitro groups is 1. The first kappa shape index (κ1) is 20.1. The number of hydrogen-bond acceptors (Lipinski definition) is 5. The molecule has 0 aliphatic carbocycles. The van der Waals surface area contributed by atoms with Gasteiger partial charge in [0.05, 0.1) is 4.92 Å². The van der Waals surface area contributed by atoms with Crippen molar-refractivity contribution in [2.45, 2.75) is 25.7 Å². The van der Waals surface area contributed by atoms with Gasteiger partial charge >= 0.3 is 0 Å². The molecule has 22 heavy (non-hydrogen) atoms. The summed E-state index contributed by atoms with van der Waals surface area (Å²) in [5, 5.41) is 16.5. The average Bonchev–Trinajstić information content (AvgIpc) is 2.48. The van der Waals surface area contributed by atoms with Gasteiger partial charge in [-0.05, 0) is 37.9 Å². The molecule has 1 aromatic rings. The molecule has 1 amide bonds. The van der Waals surface area contributed by atoms with E-state index in [1.165, 1.54) is 12.1 Å². The Hall–Kier alpha value is -1.86. The number of nitrogens with one attached hydrogen (secondary N) is 2. The van der Waals surface area contributed by atoms with Crippen molar-refractivity contribution < 1.29 is 9.72 Å². The molecule has 0 aliphatic rings. The van der Waals surface area contributed by atoms with Crippen LogP contribution in [0.4, 0.5) is 11.4 Å². The van der Waals surface area contributed by atoms with Gasteiger partial charge in [0, 0.05) is 37.3 Å². The van der Waals surface area contributed by atoms with Crippen molar-refractivity contribution in [2.24, 2.45) is 5.73 Å². The van der Waals surface area contributed by atoms with E-state index in [0.29, 0.717) is 32.5 Å². The number of anilines is 1. The van der Waals surface area contributed by atoms with E-state index in [1.807, 2.05) is 0 Å². The largest absolute Gasteiger partial charge is 0.385 e. The van der Waals surface area contributed by atoms with Gasteiger partial charge in [-0.3, -0.25) is 14.9 Å². The molecule has 1 rings (SSSR count). The van der Waals surface area contributed by atoms with E-state index in [9.17, 15) is 14.9 Å². The van der Waals surface area contributed by atoms with Gasteiger partial charge in [-0.15, -0.1) is 12.4 Å². The van der Waals surface area contributed by atoms with Gasteiger partial charge in [0.25, 0.3) is 5.69 Å². The second kappa shape index (κ2) is 11.8. The predicted octanol–water partition coefficient (Wildman–Crippen LogP) is 2.06. The third-order valence-electron chi connectivity index (χ3n) is 2.94. The molecule has 124 valence electrons. The molecule has 7 nitrogen and oxygen atoms in total. The number of nitro benzene ring substituents is 1. The van der Waals surface area contributed by atoms with Gasteiger partial charge in [-0.25, -0.2) is 0 Å². The average molecular weight is 331 g/mol. The Bertz CT molecular complexity index is 454. The summed E-state index contributed by atoms with van der Waals surface area (Å²) in [6, 6.07) is 6.22. The zero-order valence-corrected chi connectivity index (χ0v) is 13.2. The Balaban J connectivity index is 0.00000441. The maximum atomic E-state index is 11.5. The molecule has 0 heterocycles. The summed E-state index contributed by atoms with van der Waals surface area (Å²) in [5.41, 5.74) is 6.24. The number of amides is 1. The monoisotopic (exact) mass is 330 g/mol. The van der Waals surface area contributed by atoms with Crippen LogP contribution in [0.1, 0.15) is 25.7 Å². The van der Waals surface area contributed by atoms with Gasteiger partial charge in [0.2, 0.25) is 5.91 Å². The lowest BCUT2D eigenvalue weighted by Crippen LogP contribution is -2.25. The molecule has 0 aliphatic heterocycles. The number of nitrogens with zero attached hydrogens (tertiary/aromatic N) is 1. The fraction of sp³-hybridized carbons (Fsp3) is 0.500. The van der Waals surface area contributed by atoms with Crippen molar-refractivity contribution in [3.63, 3.8) is 0 Å². The Morgan fingerprint density at radius 1 is 1.14 bits per heavy atom. The van der Waals surface area contributed by atoms with Crippen LogP contribution in [0.25, 0.3) is 0 Å². The van der Waals surface area contributed by atoms with Crippen LogP contribution in [-0.4, -0.2) is 30.5 Å². The normalized spacial score (nSPS) is 9.68. The van der Waals surface area contributed by atoms with Crippen molar-refractivity contribution >= 4 is 29.7 Å². The van der Waals surface area contributed by atoms with Crippen LogP contribution >= 0.6 is 12.4 Å². The van der Waals surface area contributed by atoms with Crippen LogP contribution in [-0.2, 0) is 4.79 Å². The van der Waals surface area contributed by atoms with E-state index < -0.39 is 4.92 Å². The highest BCUT2D eigenvalue weighted by Gasteiger charge is 2.04. The Morgan fingerprint density at radius 2 is 1.82 bits per heavy atom. The van der Waals surface area contributed by atoms with Crippen LogP contribution in [0.15, 0.2) is 24.3 Å². The summed E-state index contributed by atoms with van der Waals surface area (Å²) in [7, 11) is 0. The Morgan fingerprint density at radius 3 is 2.41 bits per heavy atom. The van der Waals surface area contributed by atoms with E-state index in [0.717, 1.165) is 18.5 Å². The van der Waals surface area contributed by atoms with Crippen LogP contribution < -0.4 is 16.4 Å². The second-order valence-electron chi connectivity index (χ2n) is 4.68. The third-order valence-corrected chi connectivity index (χ3v) is 2.94. The summed E-state index contributed by atoms with van der Waals surface area (Å²) in [6.07, 6.45) is 2.99. The van der Waals surface area contributed by atoms with Gasteiger partial charge in [0.1, 0.15) is 0 Å². The number of nitrogens with two attached hydrogens (primary N) is 1. The fourth-order valence-corrected chi connectivity index (χ4v) is 1.77. The second-order valence-corrected chi connectivity index (χ2v) is 4.68. The van der Waals surface area contributed by atoms with Crippen molar-refractivity contribution in [3.8, 4) is 0 Å². The van der Waals surface area contributed by atoms with Gasteiger partial charge in [-0.1, -0.05) is 0 Å². The zero-order valence-electron chi connectivity index (χ0n) is 12.4. The van der Waals surface area contributed by atoms with Crippen LogP contribution in [0.3, 0.4) is 0 Å². The minimum absolute atomic E-state index is 0. The van der Waals surface area contributed by atoms with E-state index >= 15 is 0 Å². The topological polar surface area (TPSA) is 110 Å². The highest BCUT2D eigenvalue weighted by molar-refractivity contribution is 5.85. The number of hydrogen-bond donors (Lipinski definition) is 3. The number of benzene rings is 1. The first-order valence-corrected chi connectivity index (χ1v) is 7.08. The molecule has 0 bridgehead atoms. The molecule has 4 N–H and O–H groups in total. The zero-order chi connectivity index (χ0) is 15.5. The van der Waals surface area contributed by atoms with E-state index in [1.54, 1.807) is 12.1 Å². The van der Waals surface area contributed by atoms with E-state index in [4.69, 9.17) is 5.73 Å². The quantitative estimate of drug-likeness (QED) is 0.345. The molecule has 0 atom stereocenters. The Labute approximate surface area is 136 Å². The molecular weight excluding hydrogens is 308 g/mol. The summed E-state index contributed by atoms with van der Waals surface area (Å²) in [5.74, 6) is 0.0394. The van der Waals surface area contributed by atoms with Crippen LogP contribution in [0.2, 0.25) is 0 Å². The number of unbranched alkanes of at least 4 members (excludes halogenated alkanes) is 1. The Kier molecular flexibility index (Phi) is 10.8. The first-order chi connectivity index (χ1) is 10.1. The highest BCUT2D eigenvalue weighted by atomic mass is 35.5. The van der Waals surface area contributed by atoms with Crippen LogP contribution in [0.5, 0.6) is 0 Å². The molecule has 0 unspecified atom stereocenters. The first-order valence-electron chi connectivity index (χ1n) is 7.08. The van der Waals surface area contributed by atoms with E-state index in [-0.39, 0.29) is 24.0 Å². The maximum absolute atomic E-state index is 11.5. The van der Waals surface area contributed by atoms with E-state index in [2.05, 4.69) is 10.6 Å². The molecule has 0 fully saturated rings. The molecular formula is C14H23ClN4O3. The van der Waals surface area contributed by atoms with Crippen molar-refractivity contribution in [2.75, 3.05) is 25.0 Å². The maximum Gasteiger partial charge on any atom is 0.269 e. The minimum Gasteiger partial charge on any atom is -0.385 e. The van der Waals surface area contributed by atoms with Crippen molar-refractivity contribution in [1.29, 1.82) is 0 Å². The lowest BCUT2D eigenvalue weighted by Gasteiger charge is -2.07. The van der Waals surface area contributed by atoms with Gasteiger partial charge in [-0.2, -0.15) is 0 Å². The van der Waals surface area contributed by atoms with Crippen molar-refractivity contribution in [1.82, 2.24) is 5.32 Å². The van der Waals surface area contributed by atoms with Crippen LogP contribution in [0, 0.1) is 10.1 Å². The van der Waals surface area contributed by atoms with Crippen molar-refractivity contribution in [3.05, 3.63) is 34.4 Å². The van der Waals surface area contributed by atoms with Gasteiger partial charge in [0.15, 0.2) is 0 Å². The standard InChI is InChI=1S/C14H22N4O3.ClH/c15-9-1-2-10-17-14(19)4-3-11-16-12-5-7-13(8-6-12)18(20)21;/h5-8,16H,1-4,9-11,15H2,(H,17,19);1H. The lowest BCUT2D eigenvalue weighted by atomic mass is 10.2. The number of rotatable bonds is 10. The number of carbonyl (C=O) groups excluding carboxylic acids is 1. The van der Waals surface area contributed by atoms with Gasteiger partial charge < -0.3 is 16.4 Å². The molecule has 0 spiro atoms. The number of carbonyl (C=O) groups is 1. The molecule has 1 aromatic carbocycles. The molecule has 8 heteroatoms. The summed E-state index contributed by atoms with van der Waals surface area (Å²) in [6.45, 7) is 1.97. The SMILES string of the molecule is Cl.NCCCCNC(=O)CCCNc1ccc([N+](=O)[O-])cc1. The smallest absolute Gasteiger partial charge is 0.269 e. The molecule has 0 saturated carbocycles. The summed E-state index contributed by atoms with van der Waals surface area (Å²) in [4.78, 5) is 21.6. The fourth-order valence-electron chi connectivity index (χ4n) is 1.77. The number of halogens is 1. The molecule has 0 radical (unpaired) electrons. The minimum atomic E-state index is -0.432. The third kappa shape index (κ3) is 8.43. The molecule has 0 saturated heterocycles. The number of non-ortho nitro benzene ring substituents is 1. The summed E-state index contributed by atoms with van der Waals surface area (Å²) >= 11 is 0.